The van der Waals surface area contributed by atoms with Crippen LogP contribution < -0.4 is 22.3 Å². The van der Waals surface area contributed by atoms with Gasteiger partial charge in [-0.05, 0) is 47.9 Å². The molecule has 1 fully saturated rings. The van der Waals surface area contributed by atoms with Crippen LogP contribution in [-0.4, -0.2) is 27.7 Å². The van der Waals surface area contributed by atoms with E-state index < -0.39 is 0 Å². The van der Waals surface area contributed by atoms with Crippen molar-refractivity contribution in [2.45, 2.75) is 18.8 Å². The molecule has 1 aliphatic rings. The number of nitrogens with one attached hydrogen (secondary N) is 1. The van der Waals surface area contributed by atoms with Gasteiger partial charge in [0.05, 0.1) is 16.4 Å². The van der Waals surface area contributed by atoms with Gasteiger partial charge in [0, 0.05) is 5.92 Å². The van der Waals surface area contributed by atoms with E-state index in [1.165, 1.54) is 0 Å². The number of halogens is 3. The van der Waals surface area contributed by atoms with Crippen molar-refractivity contribution in [3.05, 3.63) is 27.6 Å². The van der Waals surface area contributed by atoms with E-state index in [4.69, 9.17) is 11.6 Å². The molecule has 0 atom stereocenters. The van der Waals surface area contributed by atoms with E-state index in [0.29, 0.717) is 11.1 Å². The van der Waals surface area contributed by atoms with E-state index in [2.05, 4.69) is 31.3 Å². The van der Waals surface area contributed by atoms with Gasteiger partial charge in [-0.25, -0.2) is 9.50 Å². The molecule has 0 radical (unpaired) electrons. The van der Waals surface area contributed by atoms with Gasteiger partial charge in [-0.3, -0.25) is 0 Å². The van der Waals surface area contributed by atoms with Gasteiger partial charge in [-0.2, -0.15) is 5.10 Å². The van der Waals surface area contributed by atoms with Gasteiger partial charge >= 0.3 is 1.43 Å². The van der Waals surface area contributed by atoms with Crippen LogP contribution in [0.15, 0.2) is 16.7 Å². The summed E-state index contributed by atoms with van der Waals surface area (Å²) in [5.41, 5.74) is 1.99. The number of piperidine rings is 1. The summed E-state index contributed by atoms with van der Waals surface area (Å²) in [7, 11) is 0. The molecular formula is C11H13Br2ClN4. The second-order valence-electron chi connectivity index (χ2n) is 4.26. The number of aromatic nitrogens is 3. The first-order valence-electron chi connectivity index (χ1n) is 5.66. The highest BCUT2D eigenvalue weighted by Gasteiger charge is 2.20. The molecule has 0 spiro atoms. The van der Waals surface area contributed by atoms with Gasteiger partial charge < -0.3 is 22.3 Å². The zero-order valence-electron chi connectivity index (χ0n) is 10.5. The van der Waals surface area contributed by atoms with Crippen LogP contribution >= 0.6 is 27.5 Å². The Hall–Kier alpha value is -0.170. The first kappa shape index (κ1) is 14.2. The molecule has 0 aliphatic carbocycles. The maximum Gasteiger partial charge on any atom is 1.00 e. The quantitative estimate of drug-likeness (QED) is 0.722. The molecule has 3 rings (SSSR count). The van der Waals surface area contributed by atoms with Crippen LogP contribution in [0.25, 0.3) is 5.65 Å². The highest BCUT2D eigenvalue weighted by Crippen LogP contribution is 2.28. The van der Waals surface area contributed by atoms with E-state index in [1.54, 1.807) is 6.07 Å². The molecule has 7 heteroatoms. The molecule has 98 valence electrons. The minimum atomic E-state index is 0. The third-order valence-corrected chi connectivity index (χ3v) is 3.94. The van der Waals surface area contributed by atoms with E-state index in [-0.39, 0.29) is 18.4 Å². The van der Waals surface area contributed by atoms with Gasteiger partial charge in [0.2, 0.25) is 0 Å². The molecule has 3 heterocycles. The van der Waals surface area contributed by atoms with Crippen LogP contribution in [0.2, 0.25) is 5.15 Å². The Morgan fingerprint density at radius 1 is 1.44 bits per heavy atom. The topological polar surface area (TPSA) is 42.2 Å². The third kappa shape index (κ3) is 2.57. The van der Waals surface area contributed by atoms with Crippen LogP contribution in [-0.2, 0) is 0 Å². The van der Waals surface area contributed by atoms with E-state index in [9.17, 15) is 0 Å². The normalized spacial score (nSPS) is 16.8. The Morgan fingerprint density at radius 3 is 2.89 bits per heavy atom. The Bertz CT molecular complexity index is 557. The standard InChI is InChI=1S/C11H12BrClN4.BrH/c12-8-5-10(13)16-17-9(6-15-11(8)17)7-1-3-14-4-2-7;/h5-7,14H,1-4H2;1H. The molecule has 2 aromatic rings. The highest BCUT2D eigenvalue weighted by atomic mass is 79.9. The molecule has 4 nitrogen and oxygen atoms in total. The van der Waals surface area contributed by atoms with Crippen molar-refractivity contribution in [1.82, 2.24) is 19.9 Å². The summed E-state index contributed by atoms with van der Waals surface area (Å²) in [6.45, 7) is 2.11. The second kappa shape index (κ2) is 5.86. The Balaban J connectivity index is 0.000000902. The zero-order chi connectivity index (χ0) is 11.8. The maximum atomic E-state index is 5.99. The maximum absolute atomic E-state index is 5.99. The molecule has 0 saturated carbocycles. The van der Waals surface area contributed by atoms with Gasteiger partial charge in [0.15, 0.2) is 10.8 Å². The summed E-state index contributed by atoms with van der Waals surface area (Å²) in [5.74, 6) is 0.518. The molecule has 1 saturated heterocycles. The van der Waals surface area contributed by atoms with Crippen LogP contribution in [0.5, 0.6) is 0 Å². The molecule has 2 aromatic heterocycles. The predicted octanol–water partition coefficient (Wildman–Crippen LogP) is -0.271. The number of fused-ring (bicyclic) bond motifs is 1. The summed E-state index contributed by atoms with van der Waals surface area (Å²) in [6, 6.07) is 1.77. The second-order valence-corrected chi connectivity index (χ2v) is 5.50. The Kier molecular flexibility index (Phi) is 4.64. The zero-order valence-corrected chi connectivity index (χ0v) is 13.5. The molecule has 18 heavy (non-hydrogen) atoms. The Morgan fingerprint density at radius 2 is 2.17 bits per heavy atom. The van der Waals surface area contributed by atoms with Crippen molar-refractivity contribution in [2.24, 2.45) is 0 Å². The lowest BCUT2D eigenvalue weighted by molar-refractivity contribution is -0.00000342. The molecule has 0 aromatic carbocycles. The van der Waals surface area contributed by atoms with Crippen molar-refractivity contribution in [1.29, 1.82) is 0 Å². The minimum Gasteiger partial charge on any atom is -1.00 e. The average Bonchev–Trinajstić information content (AvgIpc) is 2.74. The lowest BCUT2D eigenvalue weighted by Crippen LogP contribution is -3.00. The summed E-state index contributed by atoms with van der Waals surface area (Å²) >= 11 is 9.45. The lowest BCUT2D eigenvalue weighted by Gasteiger charge is -2.21. The van der Waals surface area contributed by atoms with Crippen molar-refractivity contribution in [2.75, 3.05) is 13.1 Å². The summed E-state index contributed by atoms with van der Waals surface area (Å²) in [6.07, 6.45) is 4.17. The van der Waals surface area contributed by atoms with Gasteiger partial charge in [-0.15, -0.1) is 0 Å². The summed E-state index contributed by atoms with van der Waals surface area (Å²) in [5, 5.41) is 8.19. The molecule has 1 N–H and O–H groups in total. The van der Waals surface area contributed by atoms with Gasteiger partial charge in [0.1, 0.15) is 0 Å². The fourth-order valence-electron chi connectivity index (χ4n) is 2.32. The molecule has 1 aliphatic heterocycles. The highest BCUT2D eigenvalue weighted by molar-refractivity contribution is 9.10. The number of imidazole rings is 1. The third-order valence-electron chi connectivity index (χ3n) is 3.18. The van der Waals surface area contributed by atoms with Crippen LogP contribution in [0, 0.1) is 0 Å². The molecular weight excluding hydrogens is 383 g/mol. The van der Waals surface area contributed by atoms with E-state index in [1.807, 2.05) is 10.7 Å². The van der Waals surface area contributed by atoms with Gasteiger partial charge in [0.25, 0.3) is 0 Å². The lowest BCUT2D eigenvalue weighted by atomic mass is 9.95. The largest absolute Gasteiger partial charge is 1.00 e. The van der Waals surface area contributed by atoms with Gasteiger partial charge in [-0.1, -0.05) is 11.6 Å². The first-order valence-corrected chi connectivity index (χ1v) is 6.83. The molecule has 0 unspecified atom stereocenters. The van der Waals surface area contributed by atoms with Crippen molar-refractivity contribution in [3.63, 3.8) is 0 Å². The van der Waals surface area contributed by atoms with E-state index in [0.717, 1.165) is 41.7 Å². The van der Waals surface area contributed by atoms with Crippen molar-refractivity contribution >= 4 is 33.2 Å². The summed E-state index contributed by atoms with van der Waals surface area (Å²) in [4.78, 5) is 4.41. The average molecular weight is 397 g/mol. The van der Waals surface area contributed by atoms with Crippen molar-refractivity contribution in [3.8, 4) is 0 Å². The smallest absolute Gasteiger partial charge is 1.00 e. The number of hydrogen-bond donors (Lipinski definition) is 1. The molecule has 0 amide bonds. The van der Waals surface area contributed by atoms with Crippen molar-refractivity contribution < 1.29 is 18.4 Å². The Labute approximate surface area is 130 Å². The number of rotatable bonds is 1. The van der Waals surface area contributed by atoms with Crippen LogP contribution in [0.4, 0.5) is 0 Å². The number of nitrogens with zero attached hydrogens (tertiary/aromatic N) is 3. The van der Waals surface area contributed by atoms with Crippen LogP contribution in [0.1, 0.15) is 25.9 Å². The van der Waals surface area contributed by atoms with Crippen LogP contribution in [0.3, 0.4) is 0 Å². The monoisotopic (exact) mass is 394 g/mol. The fourth-order valence-corrected chi connectivity index (χ4v) is 3.12. The summed E-state index contributed by atoms with van der Waals surface area (Å²) < 4.78 is 2.75. The number of hydrogen-bond acceptors (Lipinski definition) is 3. The SMILES string of the molecule is Clc1cc(Br)c2ncc(C3CCNCC3)n2n1.[Br-].[H+]. The first-order chi connectivity index (χ1) is 8.25. The predicted molar refractivity (Wildman–Crippen MR) is 71.7 cm³/mol. The van der Waals surface area contributed by atoms with E-state index >= 15 is 0 Å². The molecule has 0 bridgehead atoms. The fraction of sp³-hybridized carbons (Fsp3) is 0.455. The minimum absolute atomic E-state index is 0.